The Balaban J connectivity index is 1.94. The molecule has 15 heavy (non-hydrogen) atoms. The van der Waals surface area contributed by atoms with Crippen LogP contribution in [0.25, 0.3) is 0 Å². The zero-order valence-corrected chi connectivity index (χ0v) is 10.3. The van der Waals surface area contributed by atoms with E-state index in [0.29, 0.717) is 0 Å². The van der Waals surface area contributed by atoms with Gasteiger partial charge in [-0.3, -0.25) is 0 Å². The third-order valence-corrected chi connectivity index (χ3v) is 3.06. The summed E-state index contributed by atoms with van der Waals surface area (Å²) in [6.45, 7) is 8.82. The molecule has 1 heterocycles. The minimum atomic E-state index is 0.852. The maximum Gasteiger partial charge on any atom is 0.0593 e. The molecule has 1 saturated heterocycles. The van der Waals surface area contributed by atoms with Gasteiger partial charge in [-0.15, -0.1) is 0 Å². The van der Waals surface area contributed by atoms with E-state index in [1.54, 1.807) is 0 Å². The molecule has 0 bridgehead atoms. The molecule has 1 rings (SSSR count). The van der Waals surface area contributed by atoms with Crippen molar-refractivity contribution in [2.24, 2.45) is 5.92 Å². The number of nitrogens with zero attached hydrogens (tertiary/aromatic N) is 1. The highest BCUT2D eigenvalue weighted by atomic mass is 16.5. The van der Waals surface area contributed by atoms with Crippen molar-refractivity contribution >= 4 is 0 Å². The lowest BCUT2D eigenvalue weighted by atomic mass is 10.1. The first-order valence-corrected chi connectivity index (χ1v) is 6.31. The predicted molar refractivity (Wildman–Crippen MR) is 64.2 cm³/mol. The molecule has 0 amide bonds. The monoisotopic (exact) mass is 214 g/mol. The summed E-state index contributed by atoms with van der Waals surface area (Å²) in [5.74, 6) is 0.852. The first kappa shape index (κ1) is 12.9. The molecule has 3 nitrogen and oxygen atoms in total. The van der Waals surface area contributed by atoms with Gasteiger partial charge >= 0.3 is 0 Å². The Morgan fingerprint density at radius 1 is 1.40 bits per heavy atom. The van der Waals surface area contributed by atoms with E-state index in [9.17, 15) is 0 Å². The standard InChI is InChI=1S/C12H26N2O/c1-3-4-8-15-9-7-14-6-5-12(11-14)10-13-2/h12-13H,3-11H2,1-2H3. The van der Waals surface area contributed by atoms with Crippen molar-refractivity contribution in [1.29, 1.82) is 0 Å². The Morgan fingerprint density at radius 3 is 3.00 bits per heavy atom. The third-order valence-electron chi connectivity index (χ3n) is 3.06. The molecule has 1 N–H and O–H groups in total. The summed E-state index contributed by atoms with van der Waals surface area (Å²) in [5.41, 5.74) is 0. The molecular weight excluding hydrogens is 188 g/mol. The molecule has 90 valence electrons. The van der Waals surface area contributed by atoms with Gasteiger partial charge in [0, 0.05) is 19.7 Å². The van der Waals surface area contributed by atoms with Gasteiger partial charge in [0.1, 0.15) is 0 Å². The van der Waals surface area contributed by atoms with Crippen LogP contribution < -0.4 is 5.32 Å². The predicted octanol–water partition coefficient (Wildman–Crippen LogP) is 1.34. The summed E-state index contributed by atoms with van der Waals surface area (Å²) in [4.78, 5) is 2.52. The van der Waals surface area contributed by atoms with E-state index in [4.69, 9.17) is 4.74 Å². The van der Waals surface area contributed by atoms with Crippen molar-refractivity contribution in [3.05, 3.63) is 0 Å². The molecule has 0 radical (unpaired) electrons. The van der Waals surface area contributed by atoms with Crippen molar-refractivity contribution in [2.75, 3.05) is 46.4 Å². The lowest BCUT2D eigenvalue weighted by Crippen LogP contribution is -2.27. The lowest BCUT2D eigenvalue weighted by Gasteiger charge is -2.15. The Labute approximate surface area is 94.2 Å². The Morgan fingerprint density at radius 2 is 2.27 bits per heavy atom. The molecule has 0 spiro atoms. The normalized spacial score (nSPS) is 22.4. The van der Waals surface area contributed by atoms with Crippen molar-refractivity contribution in [3.63, 3.8) is 0 Å². The summed E-state index contributed by atoms with van der Waals surface area (Å²) in [6, 6.07) is 0. The van der Waals surface area contributed by atoms with Crippen LogP contribution >= 0.6 is 0 Å². The zero-order chi connectivity index (χ0) is 10.9. The zero-order valence-electron chi connectivity index (χ0n) is 10.3. The molecule has 1 atom stereocenters. The van der Waals surface area contributed by atoms with Crippen LogP contribution in [0.2, 0.25) is 0 Å². The van der Waals surface area contributed by atoms with Gasteiger partial charge in [0.15, 0.2) is 0 Å². The van der Waals surface area contributed by atoms with E-state index in [-0.39, 0.29) is 0 Å². The number of rotatable bonds is 8. The van der Waals surface area contributed by atoms with E-state index in [1.807, 2.05) is 7.05 Å². The van der Waals surface area contributed by atoms with Crippen LogP contribution in [-0.2, 0) is 4.74 Å². The van der Waals surface area contributed by atoms with Crippen LogP contribution in [0.1, 0.15) is 26.2 Å². The van der Waals surface area contributed by atoms with Crippen LogP contribution in [0.5, 0.6) is 0 Å². The second-order valence-electron chi connectivity index (χ2n) is 4.48. The van der Waals surface area contributed by atoms with E-state index >= 15 is 0 Å². The van der Waals surface area contributed by atoms with Gasteiger partial charge in [-0.25, -0.2) is 0 Å². The summed E-state index contributed by atoms with van der Waals surface area (Å²) in [5, 5.41) is 3.26. The van der Waals surface area contributed by atoms with Crippen LogP contribution in [0.3, 0.4) is 0 Å². The second kappa shape index (κ2) is 8.08. The van der Waals surface area contributed by atoms with E-state index < -0.39 is 0 Å². The Hall–Kier alpha value is -0.120. The molecule has 0 aromatic rings. The molecule has 0 aliphatic carbocycles. The maximum atomic E-state index is 5.57. The quantitative estimate of drug-likeness (QED) is 0.617. The summed E-state index contributed by atoms with van der Waals surface area (Å²) < 4.78 is 5.57. The molecule has 1 fully saturated rings. The molecule has 1 aliphatic rings. The minimum Gasteiger partial charge on any atom is -0.380 e. The average Bonchev–Trinajstić information content (AvgIpc) is 2.66. The van der Waals surface area contributed by atoms with Gasteiger partial charge in [0.05, 0.1) is 6.61 Å². The number of likely N-dealkylation sites (tertiary alicyclic amines) is 1. The van der Waals surface area contributed by atoms with Crippen molar-refractivity contribution in [3.8, 4) is 0 Å². The molecular formula is C12H26N2O. The van der Waals surface area contributed by atoms with Gasteiger partial charge in [-0.05, 0) is 38.9 Å². The van der Waals surface area contributed by atoms with Crippen LogP contribution in [-0.4, -0.2) is 51.3 Å². The molecule has 1 unspecified atom stereocenters. The van der Waals surface area contributed by atoms with Crippen LogP contribution in [0, 0.1) is 5.92 Å². The summed E-state index contributed by atoms with van der Waals surface area (Å²) in [7, 11) is 2.04. The number of unbranched alkanes of at least 4 members (excludes halogenated alkanes) is 1. The smallest absolute Gasteiger partial charge is 0.0593 e. The van der Waals surface area contributed by atoms with Crippen LogP contribution in [0.15, 0.2) is 0 Å². The van der Waals surface area contributed by atoms with Gasteiger partial charge in [0.2, 0.25) is 0 Å². The number of hydrogen-bond donors (Lipinski definition) is 1. The fraction of sp³-hybridized carbons (Fsp3) is 1.00. The lowest BCUT2D eigenvalue weighted by molar-refractivity contribution is 0.108. The topological polar surface area (TPSA) is 24.5 Å². The van der Waals surface area contributed by atoms with Gasteiger partial charge < -0.3 is 15.0 Å². The first-order valence-electron chi connectivity index (χ1n) is 6.31. The number of ether oxygens (including phenoxy) is 1. The SMILES string of the molecule is CCCCOCCN1CCC(CNC)C1. The number of nitrogens with one attached hydrogen (secondary N) is 1. The van der Waals surface area contributed by atoms with E-state index in [1.165, 1.54) is 32.4 Å². The third kappa shape index (κ3) is 5.50. The molecule has 0 aromatic heterocycles. The average molecular weight is 214 g/mol. The van der Waals surface area contributed by atoms with Crippen molar-refractivity contribution in [2.45, 2.75) is 26.2 Å². The highest BCUT2D eigenvalue weighted by Crippen LogP contribution is 2.14. The fourth-order valence-corrected chi connectivity index (χ4v) is 2.11. The fourth-order valence-electron chi connectivity index (χ4n) is 2.11. The minimum absolute atomic E-state index is 0.852. The first-order chi connectivity index (χ1) is 7.36. The molecule has 0 saturated carbocycles. The summed E-state index contributed by atoms with van der Waals surface area (Å²) >= 11 is 0. The van der Waals surface area contributed by atoms with E-state index in [2.05, 4.69) is 17.1 Å². The summed E-state index contributed by atoms with van der Waals surface area (Å²) in [6.07, 6.45) is 3.77. The van der Waals surface area contributed by atoms with Crippen molar-refractivity contribution in [1.82, 2.24) is 10.2 Å². The van der Waals surface area contributed by atoms with Crippen molar-refractivity contribution < 1.29 is 4.74 Å². The van der Waals surface area contributed by atoms with Gasteiger partial charge in [0.25, 0.3) is 0 Å². The molecule has 0 aromatic carbocycles. The number of hydrogen-bond acceptors (Lipinski definition) is 3. The van der Waals surface area contributed by atoms with Gasteiger partial charge in [-0.1, -0.05) is 13.3 Å². The highest BCUT2D eigenvalue weighted by Gasteiger charge is 2.20. The largest absolute Gasteiger partial charge is 0.380 e. The molecule has 1 aliphatic heterocycles. The van der Waals surface area contributed by atoms with Gasteiger partial charge in [-0.2, -0.15) is 0 Å². The second-order valence-corrected chi connectivity index (χ2v) is 4.48. The van der Waals surface area contributed by atoms with E-state index in [0.717, 1.165) is 32.2 Å². The Bertz CT molecular complexity index is 153. The Kier molecular flexibility index (Phi) is 6.98. The van der Waals surface area contributed by atoms with Crippen LogP contribution in [0.4, 0.5) is 0 Å². The highest BCUT2D eigenvalue weighted by molar-refractivity contribution is 4.76. The maximum absolute atomic E-state index is 5.57. The molecule has 3 heteroatoms.